The Labute approximate surface area is 251 Å². The highest BCUT2D eigenvalue weighted by atomic mass is 32.2. The van der Waals surface area contributed by atoms with Gasteiger partial charge in [-0.3, -0.25) is 9.59 Å². The molecule has 12 nitrogen and oxygen atoms in total. The van der Waals surface area contributed by atoms with E-state index in [0.29, 0.717) is 10.7 Å². The van der Waals surface area contributed by atoms with Gasteiger partial charge in [-0.15, -0.1) is 0 Å². The van der Waals surface area contributed by atoms with Crippen molar-refractivity contribution in [3.8, 4) is 0 Å². The molecule has 0 saturated carbocycles. The number of carbonyl (C=O) groups is 3. The van der Waals surface area contributed by atoms with Crippen LogP contribution in [-0.4, -0.2) is 106 Å². The van der Waals surface area contributed by atoms with Gasteiger partial charge >= 0.3 is 17.9 Å². The van der Waals surface area contributed by atoms with Crippen molar-refractivity contribution in [2.24, 2.45) is 5.92 Å². The van der Waals surface area contributed by atoms with E-state index < -0.39 is 72.5 Å². The van der Waals surface area contributed by atoms with Gasteiger partial charge in [0.05, 0.1) is 30.8 Å². The average molecular weight is 624 g/mol. The molecule has 0 bridgehead atoms. The van der Waals surface area contributed by atoms with E-state index in [0.717, 1.165) is 0 Å². The highest BCUT2D eigenvalue weighted by molar-refractivity contribution is 8.23. The van der Waals surface area contributed by atoms with Crippen molar-refractivity contribution in [2.45, 2.75) is 128 Å². The Hall–Kier alpha value is -1.55. The van der Waals surface area contributed by atoms with Crippen molar-refractivity contribution < 1.29 is 53.0 Å². The van der Waals surface area contributed by atoms with Gasteiger partial charge in [-0.1, -0.05) is 44.8 Å². The average Bonchev–Trinajstić information content (AvgIpc) is 3.25. The van der Waals surface area contributed by atoms with E-state index in [1.807, 2.05) is 13.8 Å². The van der Waals surface area contributed by atoms with Crippen molar-refractivity contribution >= 4 is 46.2 Å². The molecule has 41 heavy (non-hydrogen) atoms. The minimum Gasteiger partial charge on any atom is -0.466 e. The molecule has 0 radical (unpaired) electrons. The smallest absolute Gasteiger partial charge is 0.330 e. The van der Waals surface area contributed by atoms with E-state index in [1.165, 1.54) is 32.7 Å². The number of nitrogens with one attached hydrogen (secondary N) is 1. The predicted octanol–water partition coefficient (Wildman–Crippen LogP) is 1.85. The number of ether oxygens (including phenoxy) is 6. The summed E-state index contributed by atoms with van der Waals surface area (Å²) >= 11 is 6.50. The number of esters is 3. The second-order valence-corrected chi connectivity index (χ2v) is 12.7. The molecule has 0 amide bonds. The van der Waals surface area contributed by atoms with Crippen molar-refractivity contribution in [1.29, 1.82) is 0 Å². The summed E-state index contributed by atoms with van der Waals surface area (Å²) in [7, 11) is 1.42. The Morgan fingerprint density at radius 2 is 1.88 bits per heavy atom. The molecule has 11 atom stereocenters. The van der Waals surface area contributed by atoms with Crippen LogP contribution in [0.3, 0.4) is 0 Å². The second-order valence-electron chi connectivity index (χ2n) is 10.6. The Morgan fingerprint density at radius 1 is 1.22 bits per heavy atom. The summed E-state index contributed by atoms with van der Waals surface area (Å²) in [6.07, 6.45) is -6.33. The summed E-state index contributed by atoms with van der Waals surface area (Å²) in [4.78, 5) is 36.9. The minimum atomic E-state index is -1.69. The predicted molar refractivity (Wildman–Crippen MR) is 154 cm³/mol. The molecule has 0 aliphatic carbocycles. The first-order valence-electron chi connectivity index (χ1n) is 13.9. The van der Waals surface area contributed by atoms with E-state index in [-0.39, 0.29) is 30.6 Å². The number of aliphatic hydroxyl groups is 2. The van der Waals surface area contributed by atoms with Crippen molar-refractivity contribution in [3.63, 3.8) is 0 Å². The first-order valence-corrected chi connectivity index (χ1v) is 15.2. The highest BCUT2D eigenvalue weighted by Gasteiger charge is 2.55. The summed E-state index contributed by atoms with van der Waals surface area (Å²) < 4.78 is 34.7. The monoisotopic (exact) mass is 623 g/mol. The maximum Gasteiger partial charge on any atom is 0.330 e. The van der Waals surface area contributed by atoms with Crippen LogP contribution in [0.2, 0.25) is 0 Å². The largest absolute Gasteiger partial charge is 0.466 e. The molecule has 0 aromatic carbocycles. The van der Waals surface area contributed by atoms with Crippen molar-refractivity contribution in [1.82, 2.24) is 5.32 Å². The molecule has 2 fully saturated rings. The van der Waals surface area contributed by atoms with Gasteiger partial charge < -0.3 is 44.0 Å². The summed E-state index contributed by atoms with van der Waals surface area (Å²) in [5.74, 6) is -1.88. The number of thiocarbonyl (C=S) groups is 1. The first-order chi connectivity index (χ1) is 19.1. The highest BCUT2D eigenvalue weighted by Crippen LogP contribution is 2.37. The fourth-order valence-corrected chi connectivity index (χ4v) is 6.25. The van der Waals surface area contributed by atoms with Gasteiger partial charge in [0, 0.05) is 32.1 Å². The molecule has 0 aromatic rings. The molecule has 11 unspecified atom stereocenters. The van der Waals surface area contributed by atoms with E-state index in [9.17, 15) is 24.6 Å². The molecule has 2 heterocycles. The molecule has 0 spiro atoms. The topological polar surface area (TPSA) is 159 Å². The number of rotatable bonds is 14. The molecule has 2 saturated heterocycles. The normalized spacial score (nSPS) is 31.8. The summed E-state index contributed by atoms with van der Waals surface area (Å²) in [5.41, 5.74) is -1.69. The Bertz CT molecular complexity index is 922. The standard InChI is InChI=1S/C27H45NO11S2/c1-9-13(2)24(31)37-17(6)27(33)16(5)36-21(12-20(27)34-8)39-23(14(3)29)19(10-11-35-18(7)30)38-25(32)22-15(4)41-26(40)28-22/h13-17,19-23,29,33H,9-12H2,1-8H3,(H,28,40). The molecular formula is C27H45NO11S2. The maximum atomic E-state index is 13.1. The molecule has 14 heteroatoms. The van der Waals surface area contributed by atoms with Gasteiger partial charge in [-0.05, 0) is 27.2 Å². The Balaban J connectivity index is 2.22. The molecule has 236 valence electrons. The van der Waals surface area contributed by atoms with Gasteiger partial charge in [0.15, 0.2) is 11.9 Å². The summed E-state index contributed by atoms with van der Waals surface area (Å²) in [6.45, 7) is 11.3. The van der Waals surface area contributed by atoms with Gasteiger partial charge in [-0.2, -0.15) is 0 Å². The third-order valence-electron chi connectivity index (χ3n) is 7.59. The summed E-state index contributed by atoms with van der Waals surface area (Å²) in [5, 5.41) is 25.1. The zero-order chi connectivity index (χ0) is 31.1. The zero-order valence-electron chi connectivity index (χ0n) is 25.0. The van der Waals surface area contributed by atoms with Crippen LogP contribution in [0.4, 0.5) is 0 Å². The van der Waals surface area contributed by atoms with Gasteiger partial charge in [0.2, 0.25) is 0 Å². The minimum absolute atomic E-state index is 0.0164. The Morgan fingerprint density at radius 3 is 2.39 bits per heavy atom. The van der Waals surface area contributed by atoms with E-state index in [4.69, 9.17) is 40.6 Å². The zero-order valence-corrected chi connectivity index (χ0v) is 26.6. The lowest BCUT2D eigenvalue weighted by Gasteiger charge is -2.49. The first kappa shape index (κ1) is 35.6. The fraction of sp³-hybridized carbons (Fsp3) is 0.852. The lowest BCUT2D eigenvalue weighted by Crippen LogP contribution is -2.66. The van der Waals surface area contributed by atoms with Crippen LogP contribution in [0.15, 0.2) is 0 Å². The van der Waals surface area contributed by atoms with Gasteiger partial charge in [0.25, 0.3) is 0 Å². The van der Waals surface area contributed by atoms with Gasteiger partial charge in [-0.25, -0.2) is 4.79 Å². The third kappa shape index (κ3) is 9.22. The van der Waals surface area contributed by atoms with Crippen LogP contribution in [0.5, 0.6) is 0 Å². The fourth-order valence-electron chi connectivity index (χ4n) is 4.82. The Kier molecular flexibility index (Phi) is 13.7. The molecule has 2 rings (SSSR count). The van der Waals surface area contributed by atoms with E-state index in [2.05, 4.69) is 5.32 Å². The van der Waals surface area contributed by atoms with Crippen molar-refractivity contribution in [3.05, 3.63) is 0 Å². The van der Waals surface area contributed by atoms with Crippen LogP contribution in [0.1, 0.15) is 67.7 Å². The molecule has 3 N–H and O–H groups in total. The second kappa shape index (κ2) is 15.8. The number of methoxy groups -OCH3 is 1. The third-order valence-corrected chi connectivity index (χ3v) is 8.97. The number of hydrogen-bond donors (Lipinski definition) is 3. The lowest BCUT2D eigenvalue weighted by molar-refractivity contribution is -0.323. The van der Waals surface area contributed by atoms with Crippen molar-refractivity contribution in [2.75, 3.05) is 13.7 Å². The van der Waals surface area contributed by atoms with Crippen LogP contribution in [0, 0.1) is 5.92 Å². The molecule has 2 aliphatic heterocycles. The van der Waals surface area contributed by atoms with E-state index in [1.54, 1.807) is 20.8 Å². The van der Waals surface area contributed by atoms with Crippen LogP contribution in [-0.2, 0) is 42.8 Å². The molecular weight excluding hydrogens is 578 g/mol. The molecule has 0 aromatic heterocycles. The number of aliphatic hydroxyl groups excluding tert-OH is 1. The molecule has 2 aliphatic rings. The SMILES string of the molecule is CCC(C)C(=O)OC(C)C1(O)C(C)OC(OC(C(C)O)C(CCOC(C)=O)OC(=O)C2NC(=S)SC2C)CC1OC. The summed E-state index contributed by atoms with van der Waals surface area (Å²) in [6, 6.07) is -0.697. The van der Waals surface area contributed by atoms with Crippen LogP contribution < -0.4 is 5.32 Å². The van der Waals surface area contributed by atoms with Gasteiger partial charge in [0.1, 0.15) is 28.7 Å². The number of carbonyl (C=O) groups excluding carboxylic acids is 3. The lowest BCUT2D eigenvalue weighted by atomic mass is 9.81. The van der Waals surface area contributed by atoms with E-state index >= 15 is 0 Å². The maximum absolute atomic E-state index is 13.1. The van der Waals surface area contributed by atoms with Crippen LogP contribution >= 0.6 is 24.0 Å². The number of thioether (sulfide) groups is 1. The quantitative estimate of drug-likeness (QED) is 0.146. The van der Waals surface area contributed by atoms with Crippen LogP contribution in [0.25, 0.3) is 0 Å². The number of hydrogen-bond acceptors (Lipinski definition) is 13.